The van der Waals surface area contributed by atoms with Gasteiger partial charge in [-0.05, 0) is 66.3 Å². The summed E-state index contributed by atoms with van der Waals surface area (Å²) in [5.41, 5.74) is 8.07. The number of sulfonamides is 1. The van der Waals surface area contributed by atoms with Crippen LogP contribution < -0.4 is 10.0 Å². The van der Waals surface area contributed by atoms with Crippen LogP contribution in [0.5, 0.6) is 0 Å². The Balaban J connectivity index is 0.00000368. The number of anilines is 1. The zero-order valence-electron chi connectivity index (χ0n) is 24.0. The molecule has 0 radical (unpaired) electrons. The number of imidazole rings is 1. The highest BCUT2D eigenvalue weighted by molar-refractivity contribution is 8.93. The van der Waals surface area contributed by atoms with Crippen LogP contribution in [0, 0.1) is 0 Å². The molecular weight excluding hydrogens is 626 g/mol. The van der Waals surface area contributed by atoms with Crippen LogP contribution in [0.1, 0.15) is 52.8 Å². The number of halogens is 1. The Morgan fingerprint density at radius 1 is 0.907 bits per heavy atom. The van der Waals surface area contributed by atoms with Crippen LogP contribution in [0.4, 0.5) is 5.69 Å². The van der Waals surface area contributed by atoms with Gasteiger partial charge in [-0.3, -0.25) is 19.6 Å². The minimum atomic E-state index is -3.38. The van der Waals surface area contributed by atoms with Crippen molar-refractivity contribution in [2.24, 2.45) is 0 Å². The maximum atomic E-state index is 11.7. The average molecular weight is 663 g/mol. The standard InChI is InChI=1S/C32H35N7O2S.BrH/c1-42(40,41)38-28-11-6-17-34-29(28)20-33-19-23-13-15-24(16-14-23)21-39(22-31-36-26-9-2-3-10-27(26)37-31)30-12-4-7-25-8-5-18-35-32(25)30;/h2-3,5-6,8-11,13-18,30,33,38H,4,7,12,19-22H2,1H3,(H,36,37);1H. The van der Waals surface area contributed by atoms with Gasteiger partial charge in [-0.25, -0.2) is 13.4 Å². The number of aromatic nitrogens is 4. The van der Waals surface area contributed by atoms with E-state index >= 15 is 0 Å². The van der Waals surface area contributed by atoms with Crippen LogP contribution in [0.25, 0.3) is 11.0 Å². The minimum Gasteiger partial charge on any atom is -0.341 e. The fourth-order valence-electron chi connectivity index (χ4n) is 5.68. The predicted octanol–water partition coefficient (Wildman–Crippen LogP) is 5.67. The first-order valence-electron chi connectivity index (χ1n) is 14.2. The van der Waals surface area contributed by atoms with Crippen LogP contribution in [-0.4, -0.2) is 39.5 Å². The second kappa shape index (κ2) is 13.8. The Morgan fingerprint density at radius 3 is 2.49 bits per heavy atom. The monoisotopic (exact) mass is 661 g/mol. The van der Waals surface area contributed by atoms with Crippen LogP contribution in [0.2, 0.25) is 0 Å². The van der Waals surface area contributed by atoms with E-state index in [0.29, 0.717) is 31.0 Å². The van der Waals surface area contributed by atoms with Crippen LogP contribution in [0.3, 0.4) is 0 Å². The van der Waals surface area contributed by atoms with E-state index < -0.39 is 10.0 Å². The second-order valence-corrected chi connectivity index (χ2v) is 12.6. The molecule has 224 valence electrons. The number of fused-ring (bicyclic) bond motifs is 2. The molecule has 43 heavy (non-hydrogen) atoms. The molecule has 3 aromatic heterocycles. The quantitative estimate of drug-likeness (QED) is 0.167. The van der Waals surface area contributed by atoms with E-state index in [1.54, 1.807) is 18.3 Å². The van der Waals surface area contributed by atoms with Gasteiger partial charge >= 0.3 is 0 Å². The van der Waals surface area contributed by atoms with Crippen molar-refractivity contribution in [1.29, 1.82) is 0 Å². The van der Waals surface area contributed by atoms with Gasteiger partial charge in [-0.1, -0.05) is 42.5 Å². The number of rotatable bonds is 11. The number of H-pyrrole nitrogens is 1. The number of benzene rings is 2. The molecule has 6 rings (SSSR count). The van der Waals surface area contributed by atoms with Gasteiger partial charge < -0.3 is 10.3 Å². The van der Waals surface area contributed by atoms with E-state index in [2.05, 4.69) is 61.3 Å². The number of nitrogens with one attached hydrogen (secondary N) is 3. The lowest BCUT2D eigenvalue weighted by molar-refractivity contribution is 0.153. The molecule has 3 heterocycles. The fraction of sp³-hybridized carbons (Fsp3) is 0.281. The molecule has 0 bridgehead atoms. The van der Waals surface area contributed by atoms with Gasteiger partial charge in [0, 0.05) is 32.0 Å². The largest absolute Gasteiger partial charge is 0.341 e. The van der Waals surface area contributed by atoms with Gasteiger partial charge in [-0.15, -0.1) is 17.0 Å². The summed E-state index contributed by atoms with van der Waals surface area (Å²) in [5.74, 6) is 0.958. The molecule has 0 aliphatic heterocycles. The van der Waals surface area contributed by atoms with Crippen molar-refractivity contribution in [3.8, 4) is 0 Å². The van der Waals surface area contributed by atoms with Gasteiger partial charge in [0.2, 0.25) is 10.0 Å². The molecule has 1 aliphatic rings. The Bertz CT molecular complexity index is 1740. The Kier molecular flexibility index (Phi) is 9.86. The summed E-state index contributed by atoms with van der Waals surface area (Å²) >= 11 is 0. The highest BCUT2D eigenvalue weighted by Crippen LogP contribution is 2.34. The molecule has 0 saturated heterocycles. The summed E-state index contributed by atoms with van der Waals surface area (Å²) in [6.07, 6.45) is 7.99. The van der Waals surface area contributed by atoms with Gasteiger partial charge in [0.15, 0.2) is 0 Å². The van der Waals surface area contributed by atoms with E-state index in [-0.39, 0.29) is 23.0 Å². The van der Waals surface area contributed by atoms with E-state index in [4.69, 9.17) is 9.97 Å². The normalized spacial score (nSPS) is 14.8. The smallest absolute Gasteiger partial charge is 0.229 e. The van der Waals surface area contributed by atoms with Gasteiger partial charge in [0.25, 0.3) is 0 Å². The first-order valence-corrected chi connectivity index (χ1v) is 16.1. The molecule has 5 aromatic rings. The molecular formula is C32H36BrN7O2S. The summed E-state index contributed by atoms with van der Waals surface area (Å²) < 4.78 is 25.9. The van der Waals surface area contributed by atoms with E-state index in [1.165, 1.54) is 16.8 Å². The second-order valence-electron chi connectivity index (χ2n) is 10.9. The van der Waals surface area contributed by atoms with E-state index in [0.717, 1.165) is 54.5 Å². The molecule has 9 nitrogen and oxygen atoms in total. The topological polar surface area (TPSA) is 116 Å². The summed E-state index contributed by atoms with van der Waals surface area (Å²) in [6, 6.07) is 24.7. The lowest BCUT2D eigenvalue weighted by Gasteiger charge is -2.34. The number of nitrogens with zero attached hydrogens (tertiary/aromatic N) is 4. The van der Waals surface area contributed by atoms with Crippen molar-refractivity contribution in [3.63, 3.8) is 0 Å². The maximum absolute atomic E-state index is 11.7. The molecule has 1 unspecified atom stereocenters. The third-order valence-electron chi connectivity index (χ3n) is 7.61. The highest BCUT2D eigenvalue weighted by Gasteiger charge is 2.28. The number of aryl methyl sites for hydroxylation is 1. The number of aromatic amines is 1. The van der Waals surface area contributed by atoms with Gasteiger partial charge in [0.05, 0.1) is 47.0 Å². The summed E-state index contributed by atoms with van der Waals surface area (Å²) in [5, 5.41) is 3.38. The number of hydrogen-bond donors (Lipinski definition) is 3. The third-order valence-corrected chi connectivity index (χ3v) is 8.20. The third kappa shape index (κ3) is 7.85. The SMILES string of the molecule is Br.CS(=O)(=O)Nc1cccnc1CNCc1ccc(CN(Cc2nc3ccccc3[nH]2)C2CCCc3cccnc32)cc1. The Hall–Kier alpha value is -3.64. The molecule has 11 heteroatoms. The molecule has 1 atom stereocenters. The molecule has 0 fully saturated rings. The van der Waals surface area contributed by atoms with Gasteiger partial charge in [0.1, 0.15) is 5.82 Å². The predicted molar refractivity (Wildman–Crippen MR) is 175 cm³/mol. The maximum Gasteiger partial charge on any atom is 0.229 e. The lowest BCUT2D eigenvalue weighted by Crippen LogP contribution is -2.31. The molecule has 2 aromatic carbocycles. The summed E-state index contributed by atoms with van der Waals surface area (Å²) in [4.78, 5) is 20.0. The number of para-hydroxylation sites is 2. The fourth-order valence-corrected chi connectivity index (χ4v) is 6.27. The minimum absolute atomic E-state index is 0. The van der Waals surface area contributed by atoms with Crippen molar-refractivity contribution >= 4 is 43.7 Å². The van der Waals surface area contributed by atoms with Crippen molar-refractivity contribution in [2.45, 2.75) is 51.5 Å². The molecule has 1 aliphatic carbocycles. The first kappa shape index (κ1) is 30.8. The van der Waals surface area contributed by atoms with Crippen LogP contribution in [-0.2, 0) is 42.6 Å². The Labute approximate surface area is 263 Å². The van der Waals surface area contributed by atoms with Crippen molar-refractivity contribution < 1.29 is 8.42 Å². The molecule has 3 N–H and O–H groups in total. The van der Waals surface area contributed by atoms with Crippen molar-refractivity contribution in [2.75, 3.05) is 11.0 Å². The lowest BCUT2D eigenvalue weighted by atomic mass is 9.90. The summed E-state index contributed by atoms with van der Waals surface area (Å²) in [6.45, 7) is 2.56. The van der Waals surface area contributed by atoms with Crippen LogP contribution >= 0.6 is 17.0 Å². The molecule has 0 spiro atoms. The molecule has 0 amide bonds. The zero-order chi connectivity index (χ0) is 28.9. The average Bonchev–Trinajstić information content (AvgIpc) is 3.40. The highest BCUT2D eigenvalue weighted by atomic mass is 79.9. The summed E-state index contributed by atoms with van der Waals surface area (Å²) in [7, 11) is -3.38. The Morgan fingerprint density at radius 2 is 1.67 bits per heavy atom. The number of pyridine rings is 2. The number of hydrogen-bond acceptors (Lipinski definition) is 7. The zero-order valence-corrected chi connectivity index (χ0v) is 26.6. The van der Waals surface area contributed by atoms with Crippen molar-refractivity contribution in [3.05, 3.63) is 119 Å². The van der Waals surface area contributed by atoms with E-state index in [1.807, 2.05) is 30.5 Å². The molecule has 0 saturated carbocycles. The van der Waals surface area contributed by atoms with Crippen LogP contribution in [0.15, 0.2) is 85.2 Å². The van der Waals surface area contributed by atoms with E-state index in [9.17, 15) is 8.42 Å². The van der Waals surface area contributed by atoms with Crippen molar-refractivity contribution in [1.82, 2.24) is 30.2 Å². The van der Waals surface area contributed by atoms with Gasteiger partial charge in [-0.2, -0.15) is 0 Å². The first-order chi connectivity index (χ1) is 20.4.